The molecule has 1 aliphatic rings. The van der Waals surface area contributed by atoms with Gasteiger partial charge in [0.05, 0.1) is 16.7 Å². The van der Waals surface area contributed by atoms with Crippen molar-refractivity contribution in [2.45, 2.75) is 30.8 Å². The average molecular weight is 329 g/mol. The van der Waals surface area contributed by atoms with Crippen LogP contribution >= 0.6 is 23.1 Å². The highest BCUT2D eigenvalue weighted by molar-refractivity contribution is 7.99. The summed E-state index contributed by atoms with van der Waals surface area (Å²) in [5.41, 5.74) is 6.80. The molecule has 0 atom stereocenters. The van der Waals surface area contributed by atoms with Gasteiger partial charge in [-0.15, -0.1) is 23.1 Å². The molecule has 0 bridgehead atoms. The molecule has 0 spiro atoms. The topological polar surface area (TPSA) is 67.6 Å². The van der Waals surface area contributed by atoms with E-state index >= 15 is 0 Å². The predicted molar refractivity (Wildman–Crippen MR) is 90.8 cm³/mol. The number of nitrogens with two attached hydrogens (primary N) is 1. The van der Waals surface area contributed by atoms with E-state index in [2.05, 4.69) is 10.2 Å². The van der Waals surface area contributed by atoms with E-state index in [-0.39, 0.29) is 5.91 Å². The summed E-state index contributed by atoms with van der Waals surface area (Å²) in [4.78, 5) is 16.1. The second-order valence-corrected chi connectivity index (χ2v) is 6.78. The van der Waals surface area contributed by atoms with E-state index in [0.29, 0.717) is 23.2 Å². The van der Waals surface area contributed by atoms with Crippen LogP contribution in [0.25, 0.3) is 0 Å². The molecule has 2 rings (SSSR count). The number of carbonyl (C=O) groups is 1. The third-order valence-corrected chi connectivity index (χ3v) is 5.91. The molecule has 1 aliphatic heterocycles. The normalized spacial score (nSPS) is 16.2. The fourth-order valence-electron chi connectivity index (χ4n) is 2.53. The number of nitrogens with zero attached hydrogens (tertiary/aromatic N) is 1. The first-order valence-electron chi connectivity index (χ1n) is 7.14. The molecule has 1 amide bonds. The smallest absolute Gasteiger partial charge is 0.263 e. The zero-order valence-electron chi connectivity index (χ0n) is 12.8. The van der Waals surface area contributed by atoms with Crippen molar-refractivity contribution in [1.29, 1.82) is 0 Å². The number of hydrogen-bond donors (Lipinski definition) is 2. The summed E-state index contributed by atoms with van der Waals surface area (Å²) in [6.07, 6.45) is 4.38. The van der Waals surface area contributed by atoms with Crippen LogP contribution in [0.1, 0.15) is 29.4 Å². The lowest BCUT2D eigenvalue weighted by molar-refractivity contribution is 0.0819. The van der Waals surface area contributed by atoms with Crippen LogP contribution in [-0.4, -0.2) is 45.0 Å². The Kier molecular flexibility index (Phi) is 5.78. The van der Waals surface area contributed by atoms with Crippen LogP contribution in [0.3, 0.4) is 0 Å². The number of anilines is 2. The van der Waals surface area contributed by atoms with E-state index in [1.54, 1.807) is 18.9 Å². The van der Waals surface area contributed by atoms with Crippen molar-refractivity contribution < 1.29 is 9.53 Å². The quantitative estimate of drug-likeness (QED) is 0.812. The summed E-state index contributed by atoms with van der Waals surface area (Å²) < 4.78 is 5.41. The molecular weight excluding hydrogens is 306 g/mol. The number of thioether (sulfide) groups is 1. The van der Waals surface area contributed by atoms with E-state index in [0.717, 1.165) is 35.8 Å². The summed E-state index contributed by atoms with van der Waals surface area (Å²) >= 11 is 3.11. The molecule has 0 aromatic carbocycles. The Morgan fingerprint density at radius 3 is 2.71 bits per heavy atom. The number of nitrogen functional groups attached to an aromatic ring is 1. The van der Waals surface area contributed by atoms with Gasteiger partial charge in [0.2, 0.25) is 0 Å². The highest BCUT2D eigenvalue weighted by Gasteiger charge is 2.26. The van der Waals surface area contributed by atoms with Crippen molar-refractivity contribution in [2.75, 3.05) is 43.6 Å². The summed E-state index contributed by atoms with van der Waals surface area (Å²) in [7, 11) is 1.77. The number of thiophene rings is 1. The van der Waals surface area contributed by atoms with Crippen LogP contribution in [0.15, 0.2) is 4.90 Å². The SMILES string of the molecule is CCNC(=O)c1sc(N2CCC(OC)CC2)c(SC)c1N. The summed E-state index contributed by atoms with van der Waals surface area (Å²) in [6, 6.07) is 0. The van der Waals surface area contributed by atoms with E-state index in [4.69, 9.17) is 10.5 Å². The van der Waals surface area contributed by atoms with Gasteiger partial charge in [-0.1, -0.05) is 0 Å². The fraction of sp³-hybridized carbons (Fsp3) is 0.643. The van der Waals surface area contributed by atoms with Crippen molar-refractivity contribution in [1.82, 2.24) is 5.32 Å². The number of hydrogen-bond acceptors (Lipinski definition) is 6. The van der Waals surface area contributed by atoms with Crippen molar-refractivity contribution in [3.05, 3.63) is 4.88 Å². The molecule has 0 unspecified atom stereocenters. The molecule has 2 heterocycles. The minimum atomic E-state index is -0.0756. The molecule has 5 nitrogen and oxygen atoms in total. The van der Waals surface area contributed by atoms with Gasteiger partial charge in [0, 0.05) is 26.7 Å². The van der Waals surface area contributed by atoms with Crippen LogP contribution in [0.5, 0.6) is 0 Å². The number of amides is 1. The van der Waals surface area contributed by atoms with Crippen LogP contribution in [-0.2, 0) is 4.74 Å². The molecule has 1 fully saturated rings. The number of rotatable bonds is 5. The molecule has 0 aliphatic carbocycles. The van der Waals surface area contributed by atoms with Crippen LogP contribution in [0.2, 0.25) is 0 Å². The molecule has 3 N–H and O–H groups in total. The Hall–Kier alpha value is -0.920. The summed E-state index contributed by atoms with van der Waals surface area (Å²) in [5.74, 6) is -0.0756. The maximum Gasteiger partial charge on any atom is 0.263 e. The van der Waals surface area contributed by atoms with Gasteiger partial charge in [-0.05, 0) is 26.0 Å². The number of ether oxygens (including phenoxy) is 1. The van der Waals surface area contributed by atoms with Crippen molar-refractivity contribution in [3.8, 4) is 0 Å². The molecule has 0 radical (unpaired) electrons. The van der Waals surface area contributed by atoms with Gasteiger partial charge in [-0.25, -0.2) is 0 Å². The lowest BCUT2D eigenvalue weighted by Gasteiger charge is -2.32. The van der Waals surface area contributed by atoms with Gasteiger partial charge >= 0.3 is 0 Å². The number of piperidine rings is 1. The van der Waals surface area contributed by atoms with Gasteiger partial charge in [0.25, 0.3) is 5.91 Å². The monoisotopic (exact) mass is 329 g/mol. The lowest BCUT2D eigenvalue weighted by atomic mass is 10.1. The molecule has 118 valence electrons. The Morgan fingerprint density at radius 1 is 1.52 bits per heavy atom. The predicted octanol–water partition coefficient (Wildman–Crippen LogP) is 2.42. The highest BCUT2D eigenvalue weighted by atomic mass is 32.2. The van der Waals surface area contributed by atoms with Gasteiger partial charge in [-0.3, -0.25) is 4.79 Å². The third kappa shape index (κ3) is 3.46. The Labute approximate surface area is 134 Å². The van der Waals surface area contributed by atoms with E-state index < -0.39 is 0 Å². The zero-order chi connectivity index (χ0) is 15.4. The molecule has 7 heteroatoms. The van der Waals surface area contributed by atoms with E-state index in [9.17, 15) is 4.79 Å². The first-order chi connectivity index (χ1) is 10.1. The zero-order valence-corrected chi connectivity index (χ0v) is 14.4. The second kappa shape index (κ2) is 7.38. The first-order valence-corrected chi connectivity index (χ1v) is 9.18. The Bertz CT molecular complexity index is 497. The first kappa shape index (κ1) is 16.5. The van der Waals surface area contributed by atoms with Gasteiger partial charge in [0.15, 0.2) is 0 Å². The third-order valence-electron chi connectivity index (χ3n) is 3.69. The van der Waals surface area contributed by atoms with Crippen molar-refractivity contribution in [3.63, 3.8) is 0 Å². The minimum Gasteiger partial charge on any atom is -0.396 e. The molecule has 21 heavy (non-hydrogen) atoms. The highest BCUT2D eigenvalue weighted by Crippen LogP contribution is 2.44. The van der Waals surface area contributed by atoms with Crippen LogP contribution in [0.4, 0.5) is 10.7 Å². The van der Waals surface area contributed by atoms with Gasteiger partial charge in [0.1, 0.15) is 9.88 Å². The molecular formula is C14H23N3O2S2. The van der Waals surface area contributed by atoms with Gasteiger partial charge in [-0.2, -0.15) is 0 Å². The Morgan fingerprint density at radius 2 is 2.19 bits per heavy atom. The van der Waals surface area contributed by atoms with Crippen LogP contribution in [0, 0.1) is 0 Å². The van der Waals surface area contributed by atoms with Gasteiger partial charge < -0.3 is 20.7 Å². The molecule has 1 aromatic rings. The standard InChI is InChI=1S/C14H23N3O2S2/c1-4-16-13(18)11-10(15)12(20-3)14(21-11)17-7-5-9(19-2)6-8-17/h9H,4-8,15H2,1-3H3,(H,16,18). The van der Waals surface area contributed by atoms with E-state index in [1.165, 1.54) is 11.3 Å². The molecule has 0 saturated carbocycles. The maximum absolute atomic E-state index is 12.1. The molecule has 1 saturated heterocycles. The van der Waals surface area contributed by atoms with Crippen LogP contribution < -0.4 is 16.0 Å². The number of nitrogens with one attached hydrogen (secondary N) is 1. The number of methoxy groups -OCH3 is 1. The summed E-state index contributed by atoms with van der Waals surface area (Å²) in [6.45, 7) is 4.41. The van der Waals surface area contributed by atoms with E-state index in [1.807, 2.05) is 13.2 Å². The lowest BCUT2D eigenvalue weighted by Crippen LogP contribution is -2.36. The largest absolute Gasteiger partial charge is 0.396 e. The summed E-state index contributed by atoms with van der Waals surface area (Å²) in [5, 5.41) is 3.95. The average Bonchev–Trinajstić information content (AvgIpc) is 2.84. The fourth-order valence-corrected chi connectivity index (χ4v) is 4.68. The molecule has 1 aromatic heterocycles. The van der Waals surface area contributed by atoms with Crippen molar-refractivity contribution in [2.24, 2.45) is 0 Å². The Balaban J connectivity index is 2.23. The second-order valence-electron chi connectivity index (χ2n) is 4.96. The minimum absolute atomic E-state index is 0.0756. The number of carbonyl (C=O) groups excluding carboxylic acids is 1. The maximum atomic E-state index is 12.1. The van der Waals surface area contributed by atoms with Crippen molar-refractivity contribution >= 4 is 39.7 Å².